The van der Waals surface area contributed by atoms with Crippen molar-refractivity contribution in [3.05, 3.63) is 27.9 Å². The first-order valence-electron chi connectivity index (χ1n) is 12.6. The molecular weight excluding hydrogens is 388 g/mol. The Morgan fingerprint density at radius 2 is 1.77 bits per heavy atom. The number of amides is 1. The standard InChI is InChI=1S/C25H40N4O2/c1-18(2)25(31)29-13-10-20(11-14-29)24-26-22(15-23(30)27-24)21-9-6-12-28(17-21)16-19-7-4-3-5-8-19/h15,18-21H,3-14,16-17H2,1-2H3,(H,26,27,30). The molecule has 3 heterocycles. The Kier molecular flexibility index (Phi) is 7.47. The Hall–Kier alpha value is -1.69. The van der Waals surface area contributed by atoms with Crippen LogP contribution in [0.1, 0.15) is 95.0 Å². The van der Waals surface area contributed by atoms with Crippen molar-refractivity contribution in [3.8, 4) is 0 Å². The SMILES string of the molecule is CC(C)C(=O)N1CCC(c2nc(C3CCCN(CC4CCCCC4)C3)cc(=O)[nH]2)CC1. The molecule has 0 radical (unpaired) electrons. The van der Waals surface area contributed by atoms with Crippen molar-refractivity contribution in [2.24, 2.45) is 11.8 Å². The smallest absolute Gasteiger partial charge is 0.251 e. The Bertz CT molecular complexity index is 791. The van der Waals surface area contributed by atoms with E-state index < -0.39 is 0 Å². The number of carbonyl (C=O) groups is 1. The van der Waals surface area contributed by atoms with E-state index in [9.17, 15) is 9.59 Å². The zero-order valence-electron chi connectivity index (χ0n) is 19.4. The predicted molar refractivity (Wildman–Crippen MR) is 123 cm³/mol. The summed E-state index contributed by atoms with van der Waals surface area (Å²) in [4.78, 5) is 37.4. The van der Waals surface area contributed by atoms with Gasteiger partial charge in [0.15, 0.2) is 0 Å². The number of hydrogen-bond donors (Lipinski definition) is 1. The van der Waals surface area contributed by atoms with E-state index in [-0.39, 0.29) is 23.3 Å². The van der Waals surface area contributed by atoms with Crippen LogP contribution in [0.5, 0.6) is 0 Å². The minimum atomic E-state index is -0.0231. The van der Waals surface area contributed by atoms with Crippen molar-refractivity contribution in [1.82, 2.24) is 19.8 Å². The third kappa shape index (κ3) is 5.76. The zero-order valence-corrected chi connectivity index (χ0v) is 19.4. The summed E-state index contributed by atoms with van der Waals surface area (Å²) in [5, 5.41) is 0. The average Bonchev–Trinajstić information content (AvgIpc) is 2.79. The van der Waals surface area contributed by atoms with Gasteiger partial charge in [0.1, 0.15) is 5.82 Å². The fraction of sp³-hybridized carbons (Fsp3) is 0.800. The summed E-state index contributed by atoms with van der Waals surface area (Å²) in [6, 6.07) is 1.73. The first-order chi connectivity index (χ1) is 15.0. The summed E-state index contributed by atoms with van der Waals surface area (Å²) in [7, 11) is 0. The van der Waals surface area contributed by atoms with E-state index in [1.165, 1.54) is 51.6 Å². The maximum Gasteiger partial charge on any atom is 0.251 e. The Morgan fingerprint density at radius 1 is 1.03 bits per heavy atom. The van der Waals surface area contributed by atoms with Gasteiger partial charge in [-0.15, -0.1) is 0 Å². The molecule has 31 heavy (non-hydrogen) atoms. The topological polar surface area (TPSA) is 69.3 Å². The van der Waals surface area contributed by atoms with Gasteiger partial charge >= 0.3 is 0 Å². The summed E-state index contributed by atoms with van der Waals surface area (Å²) in [5.41, 5.74) is 0.956. The summed E-state index contributed by atoms with van der Waals surface area (Å²) in [6.45, 7) is 8.87. The molecule has 1 aromatic rings. The zero-order chi connectivity index (χ0) is 21.8. The van der Waals surface area contributed by atoms with Crippen LogP contribution in [0.15, 0.2) is 10.9 Å². The molecule has 0 spiro atoms. The minimum absolute atomic E-state index is 0.0231. The fourth-order valence-electron chi connectivity index (χ4n) is 5.83. The van der Waals surface area contributed by atoms with E-state index >= 15 is 0 Å². The quantitative estimate of drug-likeness (QED) is 0.772. The molecule has 1 unspecified atom stereocenters. The average molecular weight is 429 g/mol. The number of hydrogen-bond acceptors (Lipinski definition) is 4. The largest absolute Gasteiger partial charge is 0.342 e. The third-order valence-corrected chi connectivity index (χ3v) is 7.63. The maximum absolute atomic E-state index is 12.5. The number of aromatic nitrogens is 2. The summed E-state index contributed by atoms with van der Waals surface area (Å²) >= 11 is 0. The number of H-pyrrole nitrogens is 1. The molecule has 1 amide bonds. The molecule has 3 fully saturated rings. The van der Waals surface area contributed by atoms with E-state index in [1.54, 1.807) is 6.07 Å². The number of nitrogens with zero attached hydrogens (tertiary/aromatic N) is 3. The monoisotopic (exact) mass is 428 g/mol. The van der Waals surface area contributed by atoms with Crippen molar-refractivity contribution in [2.75, 3.05) is 32.7 Å². The van der Waals surface area contributed by atoms with Crippen LogP contribution >= 0.6 is 0 Å². The van der Waals surface area contributed by atoms with Crippen molar-refractivity contribution >= 4 is 5.91 Å². The first-order valence-corrected chi connectivity index (χ1v) is 12.6. The van der Waals surface area contributed by atoms with Crippen LogP contribution in [-0.4, -0.2) is 58.4 Å². The van der Waals surface area contributed by atoms with Crippen molar-refractivity contribution in [2.45, 2.75) is 83.5 Å². The van der Waals surface area contributed by atoms with Gasteiger partial charge in [-0.2, -0.15) is 0 Å². The van der Waals surface area contributed by atoms with Gasteiger partial charge in [-0.05, 0) is 51.0 Å². The van der Waals surface area contributed by atoms with Crippen molar-refractivity contribution in [3.63, 3.8) is 0 Å². The molecule has 0 aromatic carbocycles. The molecule has 6 heteroatoms. The fourth-order valence-corrected chi connectivity index (χ4v) is 5.83. The van der Waals surface area contributed by atoms with Crippen LogP contribution in [0.25, 0.3) is 0 Å². The highest BCUT2D eigenvalue weighted by molar-refractivity contribution is 5.78. The summed E-state index contributed by atoms with van der Waals surface area (Å²) < 4.78 is 0. The van der Waals surface area contributed by atoms with Gasteiger partial charge in [-0.3, -0.25) is 9.59 Å². The predicted octanol–water partition coefficient (Wildman–Crippen LogP) is 3.89. The Balaban J connectivity index is 1.39. The van der Waals surface area contributed by atoms with E-state index in [1.807, 2.05) is 18.7 Å². The number of piperidine rings is 2. The lowest BCUT2D eigenvalue weighted by atomic mass is 9.87. The summed E-state index contributed by atoms with van der Waals surface area (Å²) in [6.07, 6.45) is 11.0. The van der Waals surface area contributed by atoms with Gasteiger partial charge in [-0.25, -0.2) is 4.98 Å². The van der Waals surface area contributed by atoms with Crippen molar-refractivity contribution < 1.29 is 4.79 Å². The molecule has 0 bridgehead atoms. The summed E-state index contributed by atoms with van der Waals surface area (Å²) in [5.74, 6) is 2.57. The van der Waals surface area contributed by atoms with Crippen LogP contribution in [-0.2, 0) is 4.79 Å². The van der Waals surface area contributed by atoms with Crippen LogP contribution in [0, 0.1) is 11.8 Å². The molecular formula is C25H40N4O2. The number of nitrogens with one attached hydrogen (secondary N) is 1. The van der Waals surface area contributed by atoms with Crippen LogP contribution < -0.4 is 5.56 Å². The van der Waals surface area contributed by atoms with Crippen molar-refractivity contribution in [1.29, 1.82) is 0 Å². The molecule has 1 atom stereocenters. The van der Waals surface area contributed by atoms with E-state index in [0.29, 0.717) is 5.92 Å². The van der Waals surface area contributed by atoms with Gasteiger partial charge in [0, 0.05) is 50.0 Å². The van der Waals surface area contributed by atoms with Gasteiger partial charge in [0.25, 0.3) is 5.56 Å². The molecule has 1 aromatic heterocycles. The van der Waals surface area contributed by atoms with E-state index in [4.69, 9.17) is 4.98 Å². The molecule has 1 N–H and O–H groups in total. The number of rotatable bonds is 5. The lowest BCUT2D eigenvalue weighted by Gasteiger charge is -2.36. The van der Waals surface area contributed by atoms with Gasteiger partial charge in [0.05, 0.1) is 5.69 Å². The molecule has 6 nitrogen and oxygen atoms in total. The first kappa shape index (κ1) is 22.5. The number of likely N-dealkylation sites (tertiary alicyclic amines) is 2. The second-order valence-corrected chi connectivity index (χ2v) is 10.4. The second-order valence-electron chi connectivity index (χ2n) is 10.4. The molecule has 3 aliphatic rings. The molecule has 1 aliphatic carbocycles. The van der Waals surface area contributed by atoms with Gasteiger partial charge < -0.3 is 14.8 Å². The highest BCUT2D eigenvalue weighted by Gasteiger charge is 2.29. The van der Waals surface area contributed by atoms with Crippen LogP contribution in [0.4, 0.5) is 0 Å². The van der Waals surface area contributed by atoms with Gasteiger partial charge in [-0.1, -0.05) is 33.1 Å². The normalized spacial score (nSPS) is 24.6. The lowest BCUT2D eigenvalue weighted by molar-refractivity contribution is -0.135. The molecule has 2 aliphatic heterocycles. The number of aromatic amines is 1. The van der Waals surface area contributed by atoms with Gasteiger partial charge in [0.2, 0.25) is 5.91 Å². The lowest BCUT2D eigenvalue weighted by Crippen LogP contribution is -2.41. The minimum Gasteiger partial charge on any atom is -0.342 e. The highest BCUT2D eigenvalue weighted by atomic mass is 16.2. The molecule has 172 valence electrons. The number of carbonyl (C=O) groups excluding carboxylic acids is 1. The second kappa shape index (κ2) is 10.3. The maximum atomic E-state index is 12.5. The van der Waals surface area contributed by atoms with E-state index in [0.717, 1.165) is 56.3 Å². The third-order valence-electron chi connectivity index (χ3n) is 7.63. The molecule has 4 rings (SSSR count). The molecule has 2 saturated heterocycles. The highest BCUT2D eigenvalue weighted by Crippen LogP contribution is 2.31. The Labute approximate surface area is 186 Å². The van der Waals surface area contributed by atoms with E-state index in [2.05, 4.69) is 9.88 Å². The molecule has 1 saturated carbocycles. The Morgan fingerprint density at radius 3 is 2.48 bits per heavy atom. The van der Waals surface area contributed by atoms with Crippen LogP contribution in [0.2, 0.25) is 0 Å². The van der Waals surface area contributed by atoms with Crippen LogP contribution in [0.3, 0.4) is 0 Å².